The minimum atomic E-state index is -0.553. The number of ether oxygens (including phenoxy) is 1. The predicted octanol–water partition coefficient (Wildman–Crippen LogP) is 1.87. The van der Waals surface area contributed by atoms with Gasteiger partial charge in [0.05, 0.1) is 7.11 Å². The second kappa shape index (κ2) is 6.76. The molecule has 0 unspecified atom stereocenters. The van der Waals surface area contributed by atoms with Crippen molar-refractivity contribution in [2.45, 2.75) is 6.42 Å². The number of carbonyl (C=O) groups excluding carboxylic acids is 3. The van der Waals surface area contributed by atoms with Crippen LogP contribution in [0, 0.1) is 0 Å². The number of Topliss-reactive ketones (excluding diaryl/α,β-unsaturated/α-hetero) is 1. The molecule has 1 aromatic heterocycles. The quantitative estimate of drug-likeness (QED) is 0.662. The van der Waals surface area contributed by atoms with Crippen molar-refractivity contribution in [3.8, 4) is 0 Å². The van der Waals surface area contributed by atoms with Crippen molar-refractivity contribution in [1.82, 2.24) is 10.3 Å². The Balaban J connectivity index is 1.73. The van der Waals surface area contributed by atoms with Crippen LogP contribution in [0.2, 0.25) is 0 Å². The molecule has 0 fully saturated rings. The molecule has 3 rings (SSSR count). The average Bonchev–Trinajstić information content (AvgIpc) is 3.25. The molecule has 0 saturated heterocycles. The van der Waals surface area contributed by atoms with Gasteiger partial charge in [-0.15, -0.1) is 11.3 Å². The summed E-state index contributed by atoms with van der Waals surface area (Å²) in [6.45, 7) is -0.241. The molecule has 1 heterocycles. The standard InChI is InChI=1S/C17H14N2O4S/c1-23-14(20)8-18-16(22)13-9-24-17(19-13)15(21)12-7-6-10-4-2-3-5-11(10)12/h2-5,7,9H,6,8H2,1H3,(H,18,22). The van der Waals surface area contributed by atoms with Gasteiger partial charge in [0.15, 0.2) is 5.01 Å². The molecule has 24 heavy (non-hydrogen) atoms. The van der Waals surface area contributed by atoms with Gasteiger partial charge in [0.25, 0.3) is 5.91 Å². The Morgan fingerprint density at radius 2 is 2.08 bits per heavy atom. The number of esters is 1. The highest BCUT2D eigenvalue weighted by Crippen LogP contribution is 2.30. The van der Waals surface area contributed by atoms with Gasteiger partial charge in [-0.25, -0.2) is 4.98 Å². The smallest absolute Gasteiger partial charge is 0.325 e. The number of hydrogen-bond acceptors (Lipinski definition) is 6. The first-order chi connectivity index (χ1) is 11.6. The van der Waals surface area contributed by atoms with Crippen LogP contribution in [-0.4, -0.2) is 36.3 Å². The molecule has 1 aliphatic carbocycles. The van der Waals surface area contributed by atoms with Gasteiger partial charge in [-0.2, -0.15) is 0 Å². The number of carbonyl (C=O) groups is 3. The molecule has 0 bridgehead atoms. The third kappa shape index (κ3) is 3.11. The van der Waals surface area contributed by atoms with Crippen LogP contribution in [0.15, 0.2) is 35.7 Å². The molecule has 1 N–H and O–H groups in total. The van der Waals surface area contributed by atoms with Gasteiger partial charge in [0, 0.05) is 11.0 Å². The largest absolute Gasteiger partial charge is 0.468 e. The summed E-state index contributed by atoms with van der Waals surface area (Å²) in [6, 6.07) is 7.72. The highest BCUT2D eigenvalue weighted by atomic mass is 32.1. The first-order valence-corrected chi connectivity index (χ1v) is 8.12. The molecule has 0 spiro atoms. The molecular formula is C17H14N2O4S. The van der Waals surface area contributed by atoms with Crippen LogP contribution in [0.5, 0.6) is 0 Å². The maximum Gasteiger partial charge on any atom is 0.325 e. The summed E-state index contributed by atoms with van der Waals surface area (Å²) in [4.78, 5) is 39.7. The Bertz CT molecular complexity index is 854. The maximum absolute atomic E-state index is 12.6. The number of thiazole rings is 1. The van der Waals surface area contributed by atoms with E-state index in [2.05, 4.69) is 15.0 Å². The minimum absolute atomic E-state index is 0.110. The number of nitrogens with zero attached hydrogens (tertiary/aromatic N) is 1. The summed E-state index contributed by atoms with van der Waals surface area (Å²) in [5, 5.41) is 4.14. The molecule has 0 aliphatic heterocycles. The summed E-state index contributed by atoms with van der Waals surface area (Å²) in [5.41, 5.74) is 2.74. The van der Waals surface area contributed by atoms with E-state index in [1.807, 2.05) is 30.3 Å². The number of methoxy groups -OCH3 is 1. The lowest BCUT2D eigenvalue weighted by Crippen LogP contribution is -2.30. The summed E-state index contributed by atoms with van der Waals surface area (Å²) >= 11 is 1.11. The number of nitrogens with one attached hydrogen (secondary N) is 1. The zero-order chi connectivity index (χ0) is 17.1. The van der Waals surface area contributed by atoms with Gasteiger partial charge in [0.1, 0.15) is 12.2 Å². The Morgan fingerprint density at radius 3 is 2.88 bits per heavy atom. The van der Waals surface area contributed by atoms with E-state index in [-0.39, 0.29) is 23.0 Å². The van der Waals surface area contributed by atoms with Gasteiger partial charge < -0.3 is 10.1 Å². The van der Waals surface area contributed by atoms with Gasteiger partial charge in [-0.05, 0) is 17.5 Å². The molecule has 1 aliphatic rings. The van der Waals surface area contributed by atoms with Crippen molar-refractivity contribution in [1.29, 1.82) is 0 Å². The van der Waals surface area contributed by atoms with E-state index in [0.717, 1.165) is 28.9 Å². The van der Waals surface area contributed by atoms with Crippen LogP contribution in [0.3, 0.4) is 0 Å². The van der Waals surface area contributed by atoms with E-state index < -0.39 is 11.9 Å². The fourth-order valence-electron chi connectivity index (χ4n) is 2.41. The number of hydrogen-bond donors (Lipinski definition) is 1. The summed E-state index contributed by atoms with van der Waals surface area (Å²) in [5.74, 6) is -1.27. The fourth-order valence-corrected chi connectivity index (χ4v) is 3.16. The molecule has 7 heteroatoms. The highest BCUT2D eigenvalue weighted by Gasteiger charge is 2.24. The Hall–Kier alpha value is -2.80. The molecule has 122 valence electrons. The van der Waals surface area contributed by atoms with Crippen LogP contribution in [0.1, 0.15) is 31.4 Å². The lowest BCUT2D eigenvalue weighted by atomic mass is 10.0. The topological polar surface area (TPSA) is 85.4 Å². The van der Waals surface area contributed by atoms with Crippen LogP contribution < -0.4 is 5.32 Å². The molecule has 2 aromatic rings. The number of rotatable bonds is 5. The van der Waals surface area contributed by atoms with Crippen LogP contribution in [0.4, 0.5) is 0 Å². The van der Waals surface area contributed by atoms with E-state index in [0.29, 0.717) is 5.57 Å². The third-order valence-corrected chi connectivity index (χ3v) is 4.47. The van der Waals surface area contributed by atoms with Crippen molar-refractivity contribution in [3.63, 3.8) is 0 Å². The normalized spacial score (nSPS) is 12.3. The molecular weight excluding hydrogens is 328 g/mol. The number of ketones is 1. The summed E-state index contributed by atoms with van der Waals surface area (Å²) < 4.78 is 4.45. The molecule has 0 radical (unpaired) electrons. The highest BCUT2D eigenvalue weighted by molar-refractivity contribution is 7.12. The van der Waals surface area contributed by atoms with Crippen molar-refractivity contribution in [2.75, 3.05) is 13.7 Å². The van der Waals surface area contributed by atoms with E-state index in [1.165, 1.54) is 12.5 Å². The zero-order valence-corrected chi connectivity index (χ0v) is 13.7. The average molecular weight is 342 g/mol. The maximum atomic E-state index is 12.6. The van der Waals surface area contributed by atoms with Crippen LogP contribution in [-0.2, 0) is 16.0 Å². The molecule has 0 atom stereocenters. The molecule has 1 amide bonds. The van der Waals surface area contributed by atoms with Gasteiger partial charge >= 0.3 is 5.97 Å². The predicted molar refractivity (Wildman–Crippen MR) is 88.9 cm³/mol. The molecule has 6 nitrogen and oxygen atoms in total. The fraction of sp³-hybridized carbons (Fsp3) is 0.176. The molecule has 1 aromatic carbocycles. The van der Waals surface area contributed by atoms with Crippen LogP contribution in [0.25, 0.3) is 5.57 Å². The lowest BCUT2D eigenvalue weighted by molar-refractivity contribution is -0.139. The monoisotopic (exact) mass is 342 g/mol. The summed E-state index contributed by atoms with van der Waals surface area (Å²) in [7, 11) is 1.24. The van der Waals surface area contributed by atoms with Crippen molar-refractivity contribution < 1.29 is 19.1 Å². The first kappa shape index (κ1) is 16.1. The number of benzene rings is 1. The zero-order valence-electron chi connectivity index (χ0n) is 12.9. The van der Waals surface area contributed by atoms with E-state index in [1.54, 1.807) is 0 Å². The summed E-state index contributed by atoms with van der Waals surface area (Å²) in [6.07, 6.45) is 2.60. The van der Waals surface area contributed by atoms with Gasteiger partial charge in [0.2, 0.25) is 5.78 Å². The third-order valence-electron chi connectivity index (χ3n) is 3.63. The van der Waals surface area contributed by atoms with E-state index in [4.69, 9.17) is 0 Å². The Morgan fingerprint density at radius 1 is 1.29 bits per heavy atom. The second-order valence-corrected chi connectivity index (χ2v) is 5.96. The van der Waals surface area contributed by atoms with Gasteiger partial charge in [-0.3, -0.25) is 14.4 Å². The lowest BCUT2D eigenvalue weighted by Gasteiger charge is -2.02. The number of aromatic nitrogens is 1. The number of allylic oxidation sites excluding steroid dienone is 2. The van der Waals surface area contributed by atoms with Crippen molar-refractivity contribution in [2.24, 2.45) is 0 Å². The van der Waals surface area contributed by atoms with Gasteiger partial charge in [-0.1, -0.05) is 30.3 Å². The minimum Gasteiger partial charge on any atom is -0.468 e. The SMILES string of the molecule is COC(=O)CNC(=O)c1csc(C(=O)C2=CCc3ccccc32)n1. The number of amides is 1. The van der Waals surface area contributed by atoms with Crippen LogP contribution >= 0.6 is 11.3 Å². The van der Waals surface area contributed by atoms with E-state index >= 15 is 0 Å². The van der Waals surface area contributed by atoms with E-state index in [9.17, 15) is 14.4 Å². The first-order valence-electron chi connectivity index (χ1n) is 7.24. The van der Waals surface area contributed by atoms with Crippen molar-refractivity contribution >= 4 is 34.6 Å². The Kier molecular flexibility index (Phi) is 4.52. The molecule has 0 saturated carbocycles. The second-order valence-electron chi connectivity index (χ2n) is 5.10. The number of fused-ring (bicyclic) bond motifs is 1. The Labute approximate surface area is 142 Å². The van der Waals surface area contributed by atoms with Crippen molar-refractivity contribution in [3.05, 3.63) is 57.6 Å².